The van der Waals surface area contributed by atoms with E-state index in [2.05, 4.69) is 18.9 Å². The summed E-state index contributed by atoms with van der Waals surface area (Å²) in [4.78, 5) is 25.6. The molecule has 122 valence electrons. The van der Waals surface area contributed by atoms with E-state index in [-0.39, 0.29) is 18.4 Å². The predicted molar refractivity (Wildman–Crippen MR) is 82.6 cm³/mol. The zero-order valence-electron chi connectivity index (χ0n) is 13.7. The molecule has 0 saturated carbocycles. The second kappa shape index (κ2) is 6.50. The molecule has 1 fully saturated rings. The van der Waals surface area contributed by atoms with E-state index >= 15 is 0 Å². The predicted octanol–water partition coefficient (Wildman–Crippen LogP) is 1.89. The summed E-state index contributed by atoms with van der Waals surface area (Å²) in [6, 6.07) is 0. The average molecular weight is 307 g/mol. The maximum absolute atomic E-state index is 12.7. The van der Waals surface area contributed by atoms with Gasteiger partial charge in [0.1, 0.15) is 0 Å². The number of carbonyl (C=O) groups is 2. The van der Waals surface area contributed by atoms with Crippen LogP contribution in [0.2, 0.25) is 0 Å². The fourth-order valence-corrected chi connectivity index (χ4v) is 3.09. The molecule has 1 N–H and O–H groups in total. The molecule has 0 aromatic carbocycles. The number of rotatable bonds is 5. The fraction of sp³-hybridized carbons (Fsp3) is 0.688. The van der Waals surface area contributed by atoms with Gasteiger partial charge in [-0.25, -0.2) is 0 Å². The van der Waals surface area contributed by atoms with Crippen molar-refractivity contribution in [1.29, 1.82) is 0 Å². The SMILES string of the molecule is CCc1c(C(=O)N2C[C@@H](C)[C@H](C(=O)O)C2)cnn1CC(C)C. The minimum Gasteiger partial charge on any atom is -0.481 e. The highest BCUT2D eigenvalue weighted by atomic mass is 16.4. The zero-order valence-corrected chi connectivity index (χ0v) is 13.7. The third kappa shape index (κ3) is 3.15. The first-order valence-corrected chi connectivity index (χ1v) is 7.91. The Bertz CT molecular complexity index is 565. The topological polar surface area (TPSA) is 75.4 Å². The van der Waals surface area contributed by atoms with Crippen molar-refractivity contribution < 1.29 is 14.7 Å². The van der Waals surface area contributed by atoms with E-state index in [4.69, 9.17) is 0 Å². The Morgan fingerprint density at radius 1 is 1.41 bits per heavy atom. The van der Waals surface area contributed by atoms with Gasteiger partial charge in [0.2, 0.25) is 0 Å². The smallest absolute Gasteiger partial charge is 0.308 e. The summed E-state index contributed by atoms with van der Waals surface area (Å²) in [6.45, 7) is 9.68. The maximum Gasteiger partial charge on any atom is 0.308 e. The molecule has 0 aliphatic carbocycles. The van der Waals surface area contributed by atoms with Crippen molar-refractivity contribution in [1.82, 2.24) is 14.7 Å². The van der Waals surface area contributed by atoms with Gasteiger partial charge >= 0.3 is 5.97 Å². The zero-order chi connectivity index (χ0) is 16.4. The van der Waals surface area contributed by atoms with E-state index in [9.17, 15) is 14.7 Å². The molecule has 0 radical (unpaired) electrons. The number of carboxylic acids is 1. The van der Waals surface area contributed by atoms with Gasteiger partial charge in [-0.2, -0.15) is 5.10 Å². The lowest BCUT2D eigenvalue weighted by molar-refractivity contribution is -0.142. The lowest BCUT2D eigenvalue weighted by atomic mass is 9.99. The Balaban J connectivity index is 2.20. The normalized spacial score (nSPS) is 21.6. The Morgan fingerprint density at radius 3 is 2.59 bits per heavy atom. The number of carboxylic acid groups (broad SMARTS) is 1. The van der Waals surface area contributed by atoms with E-state index < -0.39 is 11.9 Å². The van der Waals surface area contributed by atoms with Crippen LogP contribution in [-0.2, 0) is 17.8 Å². The Kier molecular flexibility index (Phi) is 4.88. The first kappa shape index (κ1) is 16.5. The second-order valence-corrected chi connectivity index (χ2v) is 6.57. The number of carbonyl (C=O) groups excluding carboxylic acids is 1. The van der Waals surface area contributed by atoms with E-state index in [1.54, 1.807) is 11.1 Å². The third-order valence-corrected chi connectivity index (χ3v) is 4.27. The molecule has 6 heteroatoms. The summed E-state index contributed by atoms with van der Waals surface area (Å²) in [5.74, 6) is -0.954. The quantitative estimate of drug-likeness (QED) is 0.901. The highest BCUT2D eigenvalue weighted by Gasteiger charge is 2.38. The van der Waals surface area contributed by atoms with Crippen LogP contribution in [0.1, 0.15) is 43.7 Å². The molecule has 1 aliphatic heterocycles. The van der Waals surface area contributed by atoms with Gasteiger partial charge in [-0.1, -0.05) is 27.7 Å². The lowest BCUT2D eigenvalue weighted by Crippen LogP contribution is -2.30. The van der Waals surface area contributed by atoms with Crippen LogP contribution in [-0.4, -0.2) is 44.8 Å². The van der Waals surface area contributed by atoms with Crippen LogP contribution in [0.15, 0.2) is 6.20 Å². The molecule has 0 unspecified atom stereocenters. The van der Waals surface area contributed by atoms with Crippen LogP contribution in [0, 0.1) is 17.8 Å². The summed E-state index contributed by atoms with van der Waals surface area (Å²) >= 11 is 0. The monoisotopic (exact) mass is 307 g/mol. The van der Waals surface area contributed by atoms with Crippen LogP contribution in [0.4, 0.5) is 0 Å². The minimum absolute atomic E-state index is 0.0164. The van der Waals surface area contributed by atoms with Crippen molar-refractivity contribution in [2.24, 2.45) is 17.8 Å². The first-order valence-electron chi connectivity index (χ1n) is 7.91. The Morgan fingerprint density at radius 2 is 2.09 bits per heavy atom. The van der Waals surface area contributed by atoms with Crippen LogP contribution in [0.5, 0.6) is 0 Å². The number of hydrogen-bond acceptors (Lipinski definition) is 3. The van der Waals surface area contributed by atoms with Gasteiger partial charge in [-0.05, 0) is 18.3 Å². The molecule has 6 nitrogen and oxygen atoms in total. The van der Waals surface area contributed by atoms with E-state index in [1.807, 2.05) is 18.5 Å². The van der Waals surface area contributed by atoms with E-state index in [1.165, 1.54) is 0 Å². The minimum atomic E-state index is -0.825. The van der Waals surface area contributed by atoms with Gasteiger partial charge in [0.25, 0.3) is 5.91 Å². The summed E-state index contributed by atoms with van der Waals surface area (Å²) in [7, 11) is 0. The van der Waals surface area contributed by atoms with E-state index in [0.717, 1.165) is 18.7 Å². The molecule has 2 heterocycles. The molecule has 0 bridgehead atoms. The standard InChI is InChI=1S/C16H25N3O3/c1-5-14-12(6-17-19(14)7-10(2)3)15(20)18-8-11(4)13(9-18)16(21)22/h6,10-11,13H,5,7-9H2,1-4H3,(H,21,22)/t11-,13-/m1/s1. The molecule has 2 atom stereocenters. The molecule has 1 aliphatic rings. The average Bonchev–Trinajstić information content (AvgIpc) is 3.00. The van der Waals surface area contributed by atoms with Crippen molar-refractivity contribution in [3.05, 3.63) is 17.5 Å². The van der Waals surface area contributed by atoms with Crippen molar-refractivity contribution in [2.45, 2.75) is 40.7 Å². The van der Waals surface area contributed by atoms with Crippen molar-refractivity contribution in [2.75, 3.05) is 13.1 Å². The number of nitrogens with zero attached hydrogens (tertiary/aromatic N) is 3. The number of likely N-dealkylation sites (tertiary alicyclic amines) is 1. The summed E-state index contributed by atoms with van der Waals surface area (Å²) in [5, 5.41) is 13.5. The number of aromatic nitrogens is 2. The molecular formula is C16H25N3O3. The van der Waals surface area contributed by atoms with Crippen molar-refractivity contribution in [3.8, 4) is 0 Å². The number of hydrogen-bond donors (Lipinski definition) is 1. The van der Waals surface area contributed by atoms with Crippen molar-refractivity contribution in [3.63, 3.8) is 0 Å². The Labute approximate surface area is 131 Å². The van der Waals surface area contributed by atoms with Crippen LogP contribution >= 0.6 is 0 Å². The third-order valence-electron chi connectivity index (χ3n) is 4.27. The summed E-state index contributed by atoms with van der Waals surface area (Å²) in [6.07, 6.45) is 2.36. The molecule has 1 aromatic rings. The van der Waals surface area contributed by atoms with Gasteiger partial charge < -0.3 is 10.0 Å². The Hall–Kier alpha value is -1.85. The van der Waals surface area contributed by atoms with Crippen molar-refractivity contribution >= 4 is 11.9 Å². The molecule has 0 spiro atoms. The van der Waals surface area contributed by atoms with Gasteiger partial charge in [0, 0.05) is 19.6 Å². The number of aliphatic carboxylic acids is 1. The number of amides is 1. The molecule has 2 rings (SSSR count). The second-order valence-electron chi connectivity index (χ2n) is 6.57. The van der Waals surface area contributed by atoms with Gasteiger partial charge in [0.05, 0.1) is 23.4 Å². The fourth-order valence-electron chi connectivity index (χ4n) is 3.09. The summed E-state index contributed by atoms with van der Waals surface area (Å²) < 4.78 is 1.89. The van der Waals surface area contributed by atoms with Crippen LogP contribution < -0.4 is 0 Å². The van der Waals surface area contributed by atoms with Crippen LogP contribution in [0.3, 0.4) is 0 Å². The van der Waals surface area contributed by atoms with Crippen LogP contribution in [0.25, 0.3) is 0 Å². The highest BCUT2D eigenvalue weighted by molar-refractivity contribution is 5.95. The maximum atomic E-state index is 12.7. The van der Waals surface area contributed by atoms with E-state index in [0.29, 0.717) is 18.0 Å². The molecule has 1 saturated heterocycles. The molecule has 22 heavy (non-hydrogen) atoms. The molecule has 1 aromatic heterocycles. The largest absolute Gasteiger partial charge is 0.481 e. The first-order chi connectivity index (χ1) is 10.3. The summed E-state index contributed by atoms with van der Waals surface area (Å²) in [5.41, 5.74) is 1.55. The highest BCUT2D eigenvalue weighted by Crippen LogP contribution is 2.25. The van der Waals surface area contributed by atoms with Gasteiger partial charge in [-0.15, -0.1) is 0 Å². The molecular weight excluding hydrogens is 282 g/mol. The lowest BCUT2D eigenvalue weighted by Gasteiger charge is -2.16. The van der Waals surface area contributed by atoms with Gasteiger partial charge in [-0.3, -0.25) is 14.3 Å². The van der Waals surface area contributed by atoms with Gasteiger partial charge in [0.15, 0.2) is 0 Å². The molecule has 1 amide bonds.